The molecule has 1 unspecified atom stereocenters. The number of nitrogens with one attached hydrogen (secondary N) is 1. The van der Waals surface area contributed by atoms with Gasteiger partial charge in [-0.1, -0.05) is 18.2 Å². The largest absolute Gasteiger partial charge is 0.325 e. The number of benzene rings is 2. The lowest BCUT2D eigenvalue weighted by Gasteiger charge is -2.23. The van der Waals surface area contributed by atoms with E-state index in [4.69, 9.17) is 0 Å². The predicted molar refractivity (Wildman–Crippen MR) is 90.6 cm³/mol. The van der Waals surface area contributed by atoms with E-state index in [1.807, 2.05) is 0 Å². The van der Waals surface area contributed by atoms with Crippen LogP contribution in [0.4, 0.5) is 19.3 Å². The molecule has 0 aromatic heterocycles. The highest BCUT2D eigenvalue weighted by Crippen LogP contribution is 2.32. The molecule has 1 aliphatic rings. The lowest BCUT2D eigenvalue weighted by molar-refractivity contribution is -0.385. The summed E-state index contributed by atoms with van der Waals surface area (Å²) in [6.07, 6.45) is 0. The van der Waals surface area contributed by atoms with Crippen molar-refractivity contribution in [3.63, 3.8) is 0 Å². The van der Waals surface area contributed by atoms with Crippen LogP contribution in [0.5, 0.6) is 0 Å². The van der Waals surface area contributed by atoms with Gasteiger partial charge in [-0.2, -0.15) is 0 Å². The van der Waals surface area contributed by atoms with E-state index < -0.39 is 34.0 Å². The van der Waals surface area contributed by atoms with Gasteiger partial charge in [-0.3, -0.25) is 19.8 Å². The molecule has 0 saturated carbocycles. The summed E-state index contributed by atoms with van der Waals surface area (Å²) in [5.41, 5.74) is -1.27. The maximum absolute atomic E-state index is 14.2. The summed E-state index contributed by atoms with van der Waals surface area (Å²) >= 11 is 0. The molecule has 1 atom stereocenters. The lowest BCUT2D eigenvalue weighted by Crippen LogP contribution is -2.41. The highest BCUT2D eigenvalue weighted by atomic mass is 19.1. The van der Waals surface area contributed by atoms with Gasteiger partial charge in [0.2, 0.25) is 0 Å². The fourth-order valence-electron chi connectivity index (χ4n) is 3.13. The zero-order chi connectivity index (χ0) is 19.9. The first-order chi connectivity index (χ1) is 12.6. The van der Waals surface area contributed by atoms with E-state index in [0.717, 1.165) is 17.0 Å². The van der Waals surface area contributed by atoms with Crippen molar-refractivity contribution in [2.45, 2.75) is 25.9 Å². The Morgan fingerprint density at radius 2 is 1.93 bits per heavy atom. The highest BCUT2D eigenvalue weighted by Gasteiger charge is 2.50. The van der Waals surface area contributed by atoms with Gasteiger partial charge in [0.1, 0.15) is 17.2 Å². The topological polar surface area (TPSA) is 92.6 Å². The van der Waals surface area contributed by atoms with Crippen LogP contribution in [0.3, 0.4) is 0 Å². The zero-order valence-corrected chi connectivity index (χ0v) is 14.5. The van der Waals surface area contributed by atoms with E-state index in [1.165, 1.54) is 26.0 Å². The van der Waals surface area contributed by atoms with Crippen molar-refractivity contribution in [1.29, 1.82) is 0 Å². The number of rotatable bonds is 4. The Kier molecular flexibility index (Phi) is 4.38. The van der Waals surface area contributed by atoms with Crippen molar-refractivity contribution < 1.29 is 23.3 Å². The van der Waals surface area contributed by atoms with Crippen molar-refractivity contribution in [3.8, 4) is 0 Å². The summed E-state index contributed by atoms with van der Waals surface area (Å²) in [6, 6.07) is 6.31. The van der Waals surface area contributed by atoms with Gasteiger partial charge in [-0.15, -0.1) is 0 Å². The Hall–Kier alpha value is -3.36. The molecule has 140 valence electrons. The number of urea groups is 1. The Balaban J connectivity index is 1.96. The predicted octanol–water partition coefficient (Wildman–Crippen LogP) is 3.15. The molecule has 1 N–H and O–H groups in total. The minimum Gasteiger partial charge on any atom is -0.319 e. The van der Waals surface area contributed by atoms with E-state index in [-0.39, 0.29) is 17.8 Å². The lowest BCUT2D eigenvalue weighted by atomic mass is 9.91. The van der Waals surface area contributed by atoms with Gasteiger partial charge in [0.15, 0.2) is 0 Å². The monoisotopic (exact) mass is 375 g/mol. The van der Waals surface area contributed by atoms with E-state index in [2.05, 4.69) is 5.32 Å². The highest BCUT2D eigenvalue weighted by molar-refractivity contribution is 6.07. The van der Waals surface area contributed by atoms with Crippen molar-refractivity contribution in [2.75, 3.05) is 0 Å². The molecule has 7 nitrogen and oxygen atoms in total. The fourth-order valence-corrected chi connectivity index (χ4v) is 3.13. The van der Waals surface area contributed by atoms with Gasteiger partial charge < -0.3 is 5.32 Å². The summed E-state index contributed by atoms with van der Waals surface area (Å²) in [6.45, 7) is 2.63. The number of halogens is 2. The van der Waals surface area contributed by atoms with Crippen LogP contribution in [-0.4, -0.2) is 21.8 Å². The van der Waals surface area contributed by atoms with Gasteiger partial charge in [-0.25, -0.2) is 13.6 Å². The molecule has 0 spiro atoms. The third kappa shape index (κ3) is 3.01. The number of carbonyl (C=O) groups is 2. The van der Waals surface area contributed by atoms with Crippen LogP contribution in [0.2, 0.25) is 0 Å². The maximum atomic E-state index is 14.2. The average molecular weight is 375 g/mol. The van der Waals surface area contributed by atoms with E-state index in [9.17, 15) is 28.5 Å². The molecular formula is C18H15F2N3O4. The Labute approximate surface area is 152 Å². The molecule has 1 aliphatic heterocycles. The summed E-state index contributed by atoms with van der Waals surface area (Å²) in [7, 11) is 0. The second-order valence-corrected chi connectivity index (χ2v) is 6.39. The average Bonchev–Trinajstić information content (AvgIpc) is 2.80. The molecule has 9 heteroatoms. The summed E-state index contributed by atoms with van der Waals surface area (Å²) in [4.78, 5) is 36.6. The number of nitrogens with zero attached hydrogens (tertiary/aromatic N) is 2. The normalized spacial score (nSPS) is 19.3. The first-order valence-electron chi connectivity index (χ1n) is 7.97. The molecule has 2 aromatic carbocycles. The fraction of sp³-hybridized carbons (Fsp3) is 0.222. The van der Waals surface area contributed by atoms with E-state index in [1.54, 1.807) is 6.07 Å². The molecule has 0 bridgehead atoms. The zero-order valence-electron chi connectivity index (χ0n) is 14.5. The summed E-state index contributed by atoms with van der Waals surface area (Å²) in [5.74, 6) is -2.50. The van der Waals surface area contributed by atoms with Crippen molar-refractivity contribution in [2.24, 2.45) is 0 Å². The number of nitro benzene ring substituents is 1. The number of imide groups is 1. The maximum Gasteiger partial charge on any atom is 0.325 e. The SMILES string of the molecule is Cc1c(CN2C(=O)NC(C)(c3ccc(F)cc3F)C2=O)cccc1[N+](=O)[O-]. The first-order valence-corrected chi connectivity index (χ1v) is 7.97. The summed E-state index contributed by atoms with van der Waals surface area (Å²) < 4.78 is 27.3. The minimum absolute atomic E-state index is 0.133. The van der Waals surface area contributed by atoms with E-state index in [0.29, 0.717) is 17.2 Å². The van der Waals surface area contributed by atoms with Gasteiger partial charge >= 0.3 is 6.03 Å². The number of amides is 3. The van der Waals surface area contributed by atoms with Gasteiger partial charge in [-0.05, 0) is 25.5 Å². The number of nitro groups is 1. The van der Waals surface area contributed by atoms with Crippen LogP contribution in [-0.2, 0) is 16.9 Å². The van der Waals surface area contributed by atoms with Crippen molar-refractivity contribution in [3.05, 3.63) is 74.8 Å². The molecule has 0 aliphatic carbocycles. The van der Waals surface area contributed by atoms with E-state index >= 15 is 0 Å². The Morgan fingerprint density at radius 1 is 1.22 bits per heavy atom. The standard InChI is InChI=1S/C18H15F2N3O4/c1-10-11(4-3-5-15(10)23(26)27)9-22-16(24)18(2,21-17(22)25)13-7-6-12(19)8-14(13)20/h3-8H,9H2,1-2H3,(H,21,25). The molecule has 1 fully saturated rings. The number of hydrogen-bond donors (Lipinski definition) is 1. The van der Waals surface area contributed by atoms with Crippen LogP contribution in [0.1, 0.15) is 23.6 Å². The second kappa shape index (κ2) is 6.42. The van der Waals surface area contributed by atoms with Crippen LogP contribution >= 0.6 is 0 Å². The molecule has 1 heterocycles. The van der Waals surface area contributed by atoms with Crippen molar-refractivity contribution >= 4 is 17.6 Å². The molecule has 2 aromatic rings. The third-order valence-electron chi connectivity index (χ3n) is 4.69. The molecular weight excluding hydrogens is 360 g/mol. The van der Waals surface area contributed by atoms with Crippen molar-refractivity contribution in [1.82, 2.24) is 10.2 Å². The Morgan fingerprint density at radius 3 is 2.56 bits per heavy atom. The molecule has 3 rings (SSSR count). The third-order valence-corrected chi connectivity index (χ3v) is 4.69. The second-order valence-electron chi connectivity index (χ2n) is 6.39. The van der Waals surface area contributed by atoms with Gasteiger partial charge in [0.05, 0.1) is 11.5 Å². The minimum atomic E-state index is -1.70. The van der Waals surface area contributed by atoms with Crippen LogP contribution in [0.15, 0.2) is 36.4 Å². The molecule has 1 saturated heterocycles. The number of carbonyl (C=O) groups excluding carboxylic acids is 2. The molecule has 27 heavy (non-hydrogen) atoms. The van der Waals surface area contributed by atoms with Gasteiger partial charge in [0.25, 0.3) is 11.6 Å². The number of hydrogen-bond acceptors (Lipinski definition) is 4. The molecule has 3 amide bonds. The summed E-state index contributed by atoms with van der Waals surface area (Å²) in [5, 5.41) is 13.5. The van der Waals surface area contributed by atoms with Crippen LogP contribution < -0.4 is 5.32 Å². The Bertz CT molecular complexity index is 979. The van der Waals surface area contributed by atoms with Crippen LogP contribution in [0, 0.1) is 28.7 Å². The molecule has 0 radical (unpaired) electrons. The smallest absolute Gasteiger partial charge is 0.319 e. The first kappa shape index (κ1) is 18.4. The van der Waals surface area contributed by atoms with Gasteiger partial charge in [0, 0.05) is 23.3 Å². The van der Waals surface area contributed by atoms with Crippen LogP contribution in [0.25, 0.3) is 0 Å². The quantitative estimate of drug-likeness (QED) is 0.505.